The van der Waals surface area contributed by atoms with E-state index in [2.05, 4.69) is 0 Å². The third-order valence-electron chi connectivity index (χ3n) is 3.54. The molecule has 0 bridgehead atoms. The van der Waals surface area contributed by atoms with E-state index in [0.717, 1.165) is 17.2 Å². The fraction of sp³-hybridized carbons (Fsp3) is 0.250. The highest BCUT2D eigenvalue weighted by atomic mass is 32.2. The van der Waals surface area contributed by atoms with E-state index < -0.39 is 15.8 Å². The maximum absolute atomic E-state index is 13.8. The van der Waals surface area contributed by atoms with Crippen molar-refractivity contribution in [1.82, 2.24) is 0 Å². The standard InChI is InChI=1S/C16H18FNO3S/c1-11-6-5-7-12(2)16(11)18(3)22(19,20)13-8-9-15(21-4)14(17)10-13/h5-10H,1-4H3. The summed E-state index contributed by atoms with van der Waals surface area (Å²) in [5, 5.41) is 0. The van der Waals surface area contributed by atoms with Crippen molar-refractivity contribution in [3.8, 4) is 5.75 Å². The van der Waals surface area contributed by atoms with Gasteiger partial charge in [0.05, 0.1) is 17.7 Å². The Morgan fingerprint density at radius 1 is 1.09 bits per heavy atom. The highest BCUT2D eigenvalue weighted by molar-refractivity contribution is 7.92. The second-order valence-electron chi connectivity index (χ2n) is 5.01. The Labute approximate surface area is 130 Å². The largest absolute Gasteiger partial charge is 0.494 e. The molecular formula is C16H18FNO3S. The lowest BCUT2D eigenvalue weighted by molar-refractivity contribution is 0.385. The molecule has 2 aromatic rings. The summed E-state index contributed by atoms with van der Waals surface area (Å²) in [5.41, 5.74) is 2.26. The lowest BCUT2D eigenvalue weighted by Gasteiger charge is -2.23. The van der Waals surface area contributed by atoms with Crippen molar-refractivity contribution in [3.63, 3.8) is 0 Å². The fourth-order valence-corrected chi connectivity index (χ4v) is 3.73. The van der Waals surface area contributed by atoms with E-state index in [9.17, 15) is 12.8 Å². The van der Waals surface area contributed by atoms with Crippen molar-refractivity contribution < 1.29 is 17.5 Å². The van der Waals surface area contributed by atoms with Gasteiger partial charge in [-0.2, -0.15) is 0 Å². The van der Waals surface area contributed by atoms with Gasteiger partial charge in [0, 0.05) is 7.05 Å². The monoisotopic (exact) mass is 323 g/mol. The quantitative estimate of drug-likeness (QED) is 0.867. The van der Waals surface area contributed by atoms with Crippen LogP contribution in [-0.2, 0) is 10.0 Å². The molecule has 0 aromatic heterocycles. The fourth-order valence-electron chi connectivity index (χ4n) is 2.39. The van der Waals surface area contributed by atoms with Crippen LogP contribution in [0.25, 0.3) is 0 Å². The molecule has 6 heteroatoms. The zero-order valence-corrected chi connectivity index (χ0v) is 13.7. The van der Waals surface area contributed by atoms with Crippen LogP contribution in [-0.4, -0.2) is 22.6 Å². The number of sulfonamides is 1. The second-order valence-corrected chi connectivity index (χ2v) is 6.98. The molecule has 0 aliphatic rings. The van der Waals surface area contributed by atoms with E-state index in [1.54, 1.807) is 0 Å². The Hall–Kier alpha value is -2.08. The van der Waals surface area contributed by atoms with E-state index in [4.69, 9.17) is 4.74 Å². The van der Waals surface area contributed by atoms with Crippen molar-refractivity contribution in [2.45, 2.75) is 18.7 Å². The number of aryl methyl sites for hydroxylation is 2. The molecule has 0 atom stereocenters. The number of nitrogens with zero attached hydrogens (tertiary/aromatic N) is 1. The first-order valence-corrected chi connectivity index (χ1v) is 8.11. The summed E-state index contributed by atoms with van der Waals surface area (Å²) in [6.07, 6.45) is 0. The Morgan fingerprint density at radius 3 is 2.18 bits per heavy atom. The topological polar surface area (TPSA) is 46.6 Å². The number of halogens is 1. The van der Waals surface area contributed by atoms with Gasteiger partial charge in [-0.25, -0.2) is 12.8 Å². The smallest absolute Gasteiger partial charge is 0.264 e. The Bertz CT molecular complexity index is 783. The van der Waals surface area contributed by atoms with Crippen LogP contribution < -0.4 is 9.04 Å². The molecule has 118 valence electrons. The normalized spacial score (nSPS) is 11.3. The van der Waals surface area contributed by atoms with Gasteiger partial charge >= 0.3 is 0 Å². The Kier molecular flexibility index (Phi) is 4.42. The zero-order chi connectivity index (χ0) is 16.5. The molecule has 0 spiro atoms. The number of hydrogen-bond donors (Lipinski definition) is 0. The molecule has 2 rings (SSSR count). The molecule has 0 aliphatic carbocycles. The molecule has 0 radical (unpaired) electrons. The van der Waals surface area contributed by atoms with Crippen LogP contribution in [0.3, 0.4) is 0 Å². The van der Waals surface area contributed by atoms with Gasteiger partial charge < -0.3 is 4.74 Å². The lowest BCUT2D eigenvalue weighted by atomic mass is 10.1. The number of rotatable bonds is 4. The molecule has 4 nitrogen and oxygen atoms in total. The minimum atomic E-state index is -3.85. The SMILES string of the molecule is COc1ccc(S(=O)(=O)N(C)c2c(C)cccc2C)cc1F. The number of ether oxygens (including phenoxy) is 1. The van der Waals surface area contributed by atoms with E-state index in [1.165, 1.54) is 30.6 Å². The molecule has 0 saturated carbocycles. The average Bonchev–Trinajstić information content (AvgIpc) is 2.46. The second kappa shape index (κ2) is 5.96. The van der Waals surface area contributed by atoms with E-state index in [1.807, 2.05) is 32.0 Å². The Morgan fingerprint density at radius 2 is 1.68 bits per heavy atom. The molecule has 0 saturated heterocycles. The van der Waals surface area contributed by atoms with Gasteiger partial charge in [-0.3, -0.25) is 4.31 Å². The number of hydrogen-bond acceptors (Lipinski definition) is 3. The highest BCUT2D eigenvalue weighted by Gasteiger charge is 2.24. The van der Waals surface area contributed by atoms with Crippen molar-refractivity contribution in [3.05, 3.63) is 53.3 Å². The minimum Gasteiger partial charge on any atom is -0.494 e. The van der Waals surface area contributed by atoms with Gasteiger partial charge in [-0.05, 0) is 43.2 Å². The molecular weight excluding hydrogens is 305 g/mol. The summed E-state index contributed by atoms with van der Waals surface area (Å²) < 4.78 is 45.2. The van der Waals surface area contributed by atoms with Gasteiger partial charge in [0.15, 0.2) is 11.6 Å². The summed E-state index contributed by atoms with van der Waals surface area (Å²) in [6, 6.07) is 9.15. The van der Waals surface area contributed by atoms with Crippen LogP contribution in [0, 0.1) is 19.7 Å². The molecule has 0 unspecified atom stereocenters. The average molecular weight is 323 g/mol. The summed E-state index contributed by atoms with van der Waals surface area (Å²) in [4.78, 5) is -0.115. The van der Waals surface area contributed by atoms with Gasteiger partial charge in [-0.15, -0.1) is 0 Å². The third-order valence-corrected chi connectivity index (χ3v) is 5.29. The van der Waals surface area contributed by atoms with E-state index in [0.29, 0.717) is 5.69 Å². The maximum Gasteiger partial charge on any atom is 0.264 e. The molecule has 0 heterocycles. The maximum atomic E-state index is 13.8. The van der Waals surface area contributed by atoms with Gasteiger partial charge in [0.1, 0.15) is 0 Å². The van der Waals surface area contributed by atoms with Crippen LogP contribution in [0.1, 0.15) is 11.1 Å². The van der Waals surface area contributed by atoms with Crippen molar-refractivity contribution in [2.24, 2.45) is 0 Å². The van der Waals surface area contributed by atoms with Crippen molar-refractivity contribution in [2.75, 3.05) is 18.5 Å². The first kappa shape index (κ1) is 16.3. The predicted molar refractivity (Wildman–Crippen MR) is 84.5 cm³/mol. The minimum absolute atomic E-state index is 0.00803. The summed E-state index contributed by atoms with van der Waals surface area (Å²) >= 11 is 0. The first-order chi connectivity index (χ1) is 10.3. The molecule has 0 amide bonds. The highest BCUT2D eigenvalue weighted by Crippen LogP contribution is 2.30. The molecule has 0 N–H and O–H groups in total. The molecule has 0 aliphatic heterocycles. The number of para-hydroxylation sites is 1. The number of methoxy groups -OCH3 is 1. The van der Waals surface area contributed by atoms with Crippen molar-refractivity contribution in [1.29, 1.82) is 0 Å². The summed E-state index contributed by atoms with van der Waals surface area (Å²) in [7, 11) is -1.05. The number of benzene rings is 2. The third kappa shape index (κ3) is 2.78. The summed E-state index contributed by atoms with van der Waals surface area (Å²) in [5.74, 6) is -0.702. The zero-order valence-electron chi connectivity index (χ0n) is 12.9. The summed E-state index contributed by atoms with van der Waals surface area (Å²) in [6.45, 7) is 3.67. The lowest BCUT2D eigenvalue weighted by Crippen LogP contribution is -2.28. The van der Waals surface area contributed by atoms with Crippen LogP contribution in [0.2, 0.25) is 0 Å². The van der Waals surface area contributed by atoms with E-state index >= 15 is 0 Å². The predicted octanol–water partition coefficient (Wildman–Crippen LogP) is 3.28. The van der Waals surface area contributed by atoms with Gasteiger partial charge in [-0.1, -0.05) is 18.2 Å². The van der Waals surface area contributed by atoms with E-state index in [-0.39, 0.29) is 10.6 Å². The van der Waals surface area contributed by atoms with Crippen LogP contribution in [0.4, 0.5) is 10.1 Å². The first-order valence-electron chi connectivity index (χ1n) is 6.67. The molecule has 22 heavy (non-hydrogen) atoms. The number of anilines is 1. The molecule has 2 aromatic carbocycles. The van der Waals surface area contributed by atoms with Gasteiger partial charge in [0.25, 0.3) is 10.0 Å². The van der Waals surface area contributed by atoms with Crippen LogP contribution in [0.5, 0.6) is 5.75 Å². The Balaban J connectivity index is 2.52. The molecule has 0 fully saturated rings. The van der Waals surface area contributed by atoms with Gasteiger partial charge in [0.2, 0.25) is 0 Å². The van der Waals surface area contributed by atoms with Crippen LogP contribution in [0.15, 0.2) is 41.3 Å². The van der Waals surface area contributed by atoms with Crippen molar-refractivity contribution >= 4 is 15.7 Å². The van der Waals surface area contributed by atoms with Crippen LogP contribution >= 0.6 is 0 Å².